The Kier molecular flexibility index (Phi) is 10.1. The van der Waals surface area contributed by atoms with Gasteiger partial charge in [-0.3, -0.25) is 14.4 Å². The smallest absolute Gasteiger partial charge is 0.247 e. The summed E-state index contributed by atoms with van der Waals surface area (Å²) < 4.78 is 0. The molecular formula is C31H56N4O3. The van der Waals surface area contributed by atoms with Crippen LogP contribution in [0.4, 0.5) is 0 Å². The van der Waals surface area contributed by atoms with E-state index in [0.29, 0.717) is 23.9 Å². The molecule has 3 rings (SSSR count). The molecule has 0 bridgehead atoms. The van der Waals surface area contributed by atoms with Crippen LogP contribution < -0.4 is 5.32 Å². The second kappa shape index (κ2) is 11.4. The standard InChI is InChI=1S/C11H19NO.C10H18N2O2.C10H19N/c1-7-8(2)12(9(7)3)10(13)11(4,5)6;1-6-7(8(13)12(6)5)11-9(14)10(2,3)4;1-7-8(2)11(9(7)3)10(4,5)6/h7,9H,2H2,1,3-6H3;6-7H,1-5H3,(H,11,14);7,9H,2H2,1,3-6H3. The summed E-state index contributed by atoms with van der Waals surface area (Å²) in [5.41, 5.74) is 1.78. The summed E-state index contributed by atoms with van der Waals surface area (Å²) in [6.45, 7) is 36.6. The van der Waals surface area contributed by atoms with Gasteiger partial charge in [-0.25, -0.2) is 0 Å². The number of β-lactam (4-membered cyclic amide) rings is 1. The largest absolute Gasteiger partial charge is 0.367 e. The molecule has 38 heavy (non-hydrogen) atoms. The normalized spacial score (nSPS) is 29.1. The van der Waals surface area contributed by atoms with Crippen molar-refractivity contribution in [2.24, 2.45) is 22.7 Å². The summed E-state index contributed by atoms with van der Waals surface area (Å²) in [4.78, 5) is 40.7. The van der Waals surface area contributed by atoms with Gasteiger partial charge in [-0.2, -0.15) is 0 Å². The van der Waals surface area contributed by atoms with Crippen molar-refractivity contribution in [3.8, 4) is 0 Å². The van der Waals surface area contributed by atoms with E-state index in [4.69, 9.17) is 0 Å². The zero-order valence-corrected chi connectivity index (χ0v) is 26.9. The first-order valence-electron chi connectivity index (χ1n) is 14.0. The van der Waals surface area contributed by atoms with Crippen molar-refractivity contribution in [1.82, 2.24) is 20.0 Å². The molecule has 0 aliphatic carbocycles. The highest BCUT2D eigenvalue weighted by molar-refractivity contribution is 5.94. The van der Waals surface area contributed by atoms with Crippen molar-refractivity contribution in [1.29, 1.82) is 0 Å². The minimum atomic E-state index is -0.436. The Balaban J connectivity index is 0.000000287. The number of rotatable bonds is 1. The zero-order chi connectivity index (χ0) is 30.3. The molecule has 0 aromatic rings. The minimum absolute atomic E-state index is 0.00454. The first-order chi connectivity index (χ1) is 16.9. The number of amides is 3. The lowest BCUT2D eigenvalue weighted by atomic mass is 9.83. The zero-order valence-electron chi connectivity index (χ0n) is 26.9. The fourth-order valence-corrected chi connectivity index (χ4v) is 4.83. The van der Waals surface area contributed by atoms with Crippen LogP contribution in [0.5, 0.6) is 0 Å². The van der Waals surface area contributed by atoms with Crippen molar-refractivity contribution in [2.45, 2.75) is 127 Å². The predicted octanol–water partition coefficient (Wildman–Crippen LogP) is 5.43. The average Bonchev–Trinajstić information content (AvgIpc) is 2.79. The lowest BCUT2D eigenvalue weighted by Gasteiger charge is -2.56. The molecule has 6 unspecified atom stereocenters. The molecule has 0 aromatic heterocycles. The molecule has 7 nitrogen and oxygen atoms in total. The second-order valence-corrected chi connectivity index (χ2v) is 14.4. The van der Waals surface area contributed by atoms with E-state index in [-0.39, 0.29) is 40.8 Å². The van der Waals surface area contributed by atoms with Gasteiger partial charge in [0.15, 0.2) is 0 Å². The van der Waals surface area contributed by atoms with Gasteiger partial charge in [-0.05, 0) is 41.5 Å². The van der Waals surface area contributed by atoms with Crippen LogP contribution in [-0.2, 0) is 14.4 Å². The van der Waals surface area contributed by atoms with Gasteiger partial charge in [-0.1, -0.05) is 68.5 Å². The Labute approximate surface area is 233 Å². The molecule has 3 heterocycles. The molecule has 3 saturated heterocycles. The number of carbonyl (C=O) groups excluding carboxylic acids is 3. The van der Waals surface area contributed by atoms with Crippen LogP contribution in [0.15, 0.2) is 24.6 Å². The molecule has 7 heteroatoms. The van der Waals surface area contributed by atoms with Gasteiger partial charge in [0, 0.05) is 58.7 Å². The van der Waals surface area contributed by atoms with Gasteiger partial charge in [-0.15, -0.1) is 0 Å². The third-order valence-electron chi connectivity index (χ3n) is 8.19. The maximum Gasteiger partial charge on any atom is 0.247 e. The number of carbonyl (C=O) groups is 3. The molecule has 3 fully saturated rings. The van der Waals surface area contributed by atoms with Crippen molar-refractivity contribution in [2.75, 3.05) is 7.05 Å². The summed E-state index contributed by atoms with van der Waals surface area (Å²) in [7, 11) is 1.74. The van der Waals surface area contributed by atoms with E-state index in [1.807, 2.05) is 53.4 Å². The van der Waals surface area contributed by atoms with Crippen LogP contribution in [0.2, 0.25) is 0 Å². The van der Waals surface area contributed by atoms with Crippen LogP contribution in [0.3, 0.4) is 0 Å². The molecule has 0 aromatic carbocycles. The molecular weight excluding hydrogens is 476 g/mol. The van der Waals surface area contributed by atoms with E-state index in [9.17, 15) is 14.4 Å². The number of hydrogen-bond acceptors (Lipinski definition) is 4. The first kappa shape index (κ1) is 33.7. The van der Waals surface area contributed by atoms with Crippen LogP contribution in [0.25, 0.3) is 0 Å². The molecule has 0 saturated carbocycles. The fourth-order valence-electron chi connectivity index (χ4n) is 4.83. The third kappa shape index (κ3) is 7.01. The summed E-state index contributed by atoms with van der Waals surface area (Å²) in [6.07, 6.45) is 0. The van der Waals surface area contributed by atoms with Crippen LogP contribution in [0, 0.1) is 22.7 Å². The second-order valence-electron chi connectivity index (χ2n) is 14.4. The highest BCUT2D eigenvalue weighted by atomic mass is 16.2. The van der Waals surface area contributed by atoms with E-state index in [1.165, 1.54) is 5.70 Å². The Morgan fingerprint density at radius 3 is 1.47 bits per heavy atom. The van der Waals surface area contributed by atoms with Gasteiger partial charge >= 0.3 is 0 Å². The van der Waals surface area contributed by atoms with Gasteiger partial charge in [0.25, 0.3) is 0 Å². The van der Waals surface area contributed by atoms with Crippen LogP contribution >= 0.6 is 0 Å². The summed E-state index contributed by atoms with van der Waals surface area (Å²) >= 11 is 0. The van der Waals surface area contributed by atoms with Crippen molar-refractivity contribution >= 4 is 17.7 Å². The maximum absolute atomic E-state index is 11.9. The SMILES string of the molecule is C=C1C(C)C(C)N1C(=O)C(C)(C)C.C=C1C(C)C(C)N1C(C)(C)C.CC1C(NC(=O)C(C)(C)C)C(=O)N1C. The monoisotopic (exact) mass is 532 g/mol. The molecule has 6 atom stereocenters. The lowest BCUT2D eigenvalue weighted by Crippen LogP contribution is -2.68. The van der Waals surface area contributed by atoms with Crippen molar-refractivity contribution in [3.05, 3.63) is 24.6 Å². The Morgan fingerprint density at radius 2 is 1.18 bits per heavy atom. The minimum Gasteiger partial charge on any atom is -0.367 e. The van der Waals surface area contributed by atoms with E-state index < -0.39 is 5.41 Å². The number of likely N-dealkylation sites (tertiary alicyclic amines) is 3. The molecule has 0 spiro atoms. The number of likely N-dealkylation sites (N-methyl/N-ethyl adjacent to an activating group) is 1. The Hall–Kier alpha value is -2.31. The van der Waals surface area contributed by atoms with Crippen LogP contribution in [-0.4, -0.2) is 69.2 Å². The summed E-state index contributed by atoms with van der Waals surface area (Å²) in [5, 5.41) is 2.76. The maximum atomic E-state index is 11.9. The molecule has 1 N–H and O–H groups in total. The fraction of sp³-hybridized carbons (Fsp3) is 0.774. The topological polar surface area (TPSA) is 73.0 Å². The number of nitrogens with zero attached hydrogens (tertiary/aromatic N) is 3. The van der Waals surface area contributed by atoms with E-state index in [1.54, 1.807) is 11.9 Å². The van der Waals surface area contributed by atoms with Crippen LogP contribution in [0.1, 0.15) is 96.9 Å². The van der Waals surface area contributed by atoms with Gasteiger partial charge in [0.05, 0.1) is 6.04 Å². The molecule has 3 amide bonds. The number of nitrogens with one attached hydrogen (secondary N) is 1. The Bertz CT molecular complexity index is 934. The van der Waals surface area contributed by atoms with E-state index in [0.717, 1.165) is 5.70 Å². The molecule has 218 valence electrons. The molecule has 3 aliphatic heterocycles. The average molecular weight is 533 g/mol. The van der Waals surface area contributed by atoms with E-state index in [2.05, 4.69) is 71.8 Å². The Morgan fingerprint density at radius 1 is 0.737 bits per heavy atom. The third-order valence-corrected chi connectivity index (χ3v) is 8.19. The van der Waals surface area contributed by atoms with Crippen molar-refractivity contribution in [3.63, 3.8) is 0 Å². The summed E-state index contributed by atoms with van der Waals surface area (Å²) in [6, 6.07) is 0.766. The first-order valence-corrected chi connectivity index (χ1v) is 14.0. The predicted molar refractivity (Wildman–Crippen MR) is 157 cm³/mol. The molecule has 3 aliphatic rings. The van der Waals surface area contributed by atoms with E-state index >= 15 is 0 Å². The molecule has 0 radical (unpaired) electrons. The quantitative estimate of drug-likeness (QED) is 0.457. The highest BCUT2D eigenvalue weighted by Crippen LogP contribution is 2.40. The van der Waals surface area contributed by atoms with Gasteiger partial charge < -0.3 is 20.0 Å². The van der Waals surface area contributed by atoms with Gasteiger partial charge in [0.2, 0.25) is 17.7 Å². The number of hydrogen-bond donors (Lipinski definition) is 1. The highest BCUT2D eigenvalue weighted by Gasteiger charge is 2.44. The van der Waals surface area contributed by atoms with Crippen molar-refractivity contribution < 1.29 is 14.4 Å². The summed E-state index contributed by atoms with van der Waals surface area (Å²) in [5.74, 6) is 1.23. The van der Waals surface area contributed by atoms with Gasteiger partial charge in [0.1, 0.15) is 6.04 Å². The lowest BCUT2D eigenvalue weighted by molar-refractivity contribution is -0.151.